The molecule has 1 aromatic carbocycles. The van der Waals surface area contributed by atoms with Gasteiger partial charge in [0.05, 0.1) is 11.6 Å². The fourth-order valence-corrected chi connectivity index (χ4v) is 2.28. The molecule has 2 aromatic rings. The van der Waals surface area contributed by atoms with Crippen LogP contribution in [0.15, 0.2) is 27.2 Å². The van der Waals surface area contributed by atoms with Gasteiger partial charge >= 0.3 is 0 Å². The second-order valence-corrected chi connectivity index (χ2v) is 4.28. The molecule has 0 aliphatic carbocycles. The van der Waals surface area contributed by atoms with Crippen molar-refractivity contribution in [3.05, 3.63) is 28.2 Å². The minimum atomic E-state index is 0.375. The lowest BCUT2D eigenvalue weighted by Crippen LogP contribution is -1.89. The zero-order valence-corrected chi connectivity index (χ0v) is 10.5. The monoisotopic (exact) mass is 282 g/mol. The van der Waals surface area contributed by atoms with Crippen molar-refractivity contribution in [3.63, 3.8) is 0 Å². The molecular formula is C11H11BrN2O2. The third-order valence-corrected chi connectivity index (χ3v) is 2.84. The predicted octanol–water partition coefficient (Wildman–Crippen LogP) is 3.00. The van der Waals surface area contributed by atoms with Crippen LogP contribution in [-0.2, 0) is 0 Å². The Kier molecular flexibility index (Phi) is 2.87. The van der Waals surface area contributed by atoms with Crippen molar-refractivity contribution in [2.75, 3.05) is 12.8 Å². The van der Waals surface area contributed by atoms with Crippen LogP contribution in [0.2, 0.25) is 0 Å². The first kappa shape index (κ1) is 11.0. The van der Waals surface area contributed by atoms with Crippen LogP contribution < -0.4 is 10.5 Å². The first-order valence-corrected chi connectivity index (χ1v) is 5.48. The SMILES string of the molecule is COc1c(C)cc(-c2cc(N)no2)cc1Br. The van der Waals surface area contributed by atoms with Gasteiger partial charge in [0.2, 0.25) is 0 Å². The second-order valence-electron chi connectivity index (χ2n) is 3.42. The number of aryl methyl sites for hydroxylation is 1. The molecule has 0 bridgehead atoms. The van der Waals surface area contributed by atoms with Crippen LogP contribution in [0.3, 0.4) is 0 Å². The van der Waals surface area contributed by atoms with Gasteiger partial charge in [0, 0.05) is 11.6 Å². The van der Waals surface area contributed by atoms with E-state index < -0.39 is 0 Å². The molecule has 1 heterocycles. The number of aromatic nitrogens is 1. The smallest absolute Gasteiger partial charge is 0.169 e. The molecule has 1 aromatic heterocycles. The molecule has 84 valence electrons. The summed E-state index contributed by atoms with van der Waals surface area (Å²) in [6, 6.07) is 5.56. The number of hydrogen-bond acceptors (Lipinski definition) is 4. The van der Waals surface area contributed by atoms with Gasteiger partial charge in [-0.15, -0.1) is 0 Å². The molecule has 0 spiro atoms. The fraction of sp³-hybridized carbons (Fsp3) is 0.182. The normalized spacial score (nSPS) is 10.4. The number of rotatable bonds is 2. The molecule has 5 heteroatoms. The number of ether oxygens (including phenoxy) is 1. The van der Waals surface area contributed by atoms with Gasteiger partial charge in [-0.05, 0) is 40.5 Å². The number of hydrogen-bond donors (Lipinski definition) is 1. The highest BCUT2D eigenvalue weighted by atomic mass is 79.9. The van der Waals surface area contributed by atoms with E-state index >= 15 is 0 Å². The highest BCUT2D eigenvalue weighted by Gasteiger charge is 2.10. The fourth-order valence-electron chi connectivity index (χ4n) is 1.56. The van der Waals surface area contributed by atoms with E-state index in [9.17, 15) is 0 Å². The largest absolute Gasteiger partial charge is 0.495 e. The van der Waals surface area contributed by atoms with Crippen LogP contribution in [0.5, 0.6) is 5.75 Å². The molecule has 0 radical (unpaired) electrons. The van der Waals surface area contributed by atoms with Crippen molar-refractivity contribution < 1.29 is 9.26 Å². The number of nitrogens with two attached hydrogens (primary N) is 1. The van der Waals surface area contributed by atoms with E-state index in [4.69, 9.17) is 15.0 Å². The number of methoxy groups -OCH3 is 1. The van der Waals surface area contributed by atoms with E-state index in [1.807, 2.05) is 19.1 Å². The minimum Gasteiger partial charge on any atom is -0.495 e. The van der Waals surface area contributed by atoms with Crippen LogP contribution in [-0.4, -0.2) is 12.3 Å². The Morgan fingerprint density at radius 1 is 1.38 bits per heavy atom. The lowest BCUT2D eigenvalue weighted by atomic mass is 10.1. The molecule has 0 saturated heterocycles. The van der Waals surface area contributed by atoms with Gasteiger partial charge in [-0.3, -0.25) is 0 Å². The van der Waals surface area contributed by atoms with Crippen molar-refractivity contribution in [3.8, 4) is 17.1 Å². The molecule has 0 aliphatic heterocycles. The Morgan fingerprint density at radius 2 is 2.12 bits per heavy atom. The average Bonchev–Trinajstić information content (AvgIpc) is 2.64. The van der Waals surface area contributed by atoms with E-state index in [-0.39, 0.29) is 0 Å². The summed E-state index contributed by atoms with van der Waals surface area (Å²) in [4.78, 5) is 0. The average molecular weight is 283 g/mol. The number of anilines is 1. The van der Waals surface area contributed by atoms with Gasteiger partial charge in [0.1, 0.15) is 5.75 Å². The molecule has 2 N–H and O–H groups in total. The van der Waals surface area contributed by atoms with Gasteiger partial charge in [0.25, 0.3) is 0 Å². The quantitative estimate of drug-likeness (QED) is 0.920. The van der Waals surface area contributed by atoms with Gasteiger partial charge < -0.3 is 15.0 Å². The first-order chi connectivity index (χ1) is 7.61. The van der Waals surface area contributed by atoms with Crippen LogP contribution >= 0.6 is 15.9 Å². The number of nitrogens with zero attached hydrogens (tertiary/aromatic N) is 1. The van der Waals surface area contributed by atoms with Crippen LogP contribution in [0.25, 0.3) is 11.3 Å². The Labute approximate surface area is 102 Å². The Bertz CT molecular complexity index is 499. The molecule has 0 fully saturated rings. The molecule has 0 amide bonds. The zero-order chi connectivity index (χ0) is 11.7. The minimum absolute atomic E-state index is 0.375. The Hall–Kier alpha value is -1.49. The highest BCUT2D eigenvalue weighted by Crippen LogP contribution is 2.34. The Morgan fingerprint density at radius 3 is 2.62 bits per heavy atom. The van der Waals surface area contributed by atoms with Gasteiger partial charge in [-0.25, -0.2) is 0 Å². The third-order valence-electron chi connectivity index (χ3n) is 2.25. The van der Waals surface area contributed by atoms with Crippen molar-refractivity contribution in [2.45, 2.75) is 6.92 Å². The van der Waals surface area contributed by atoms with Crippen molar-refractivity contribution in [1.29, 1.82) is 0 Å². The number of benzene rings is 1. The molecule has 0 saturated carbocycles. The van der Waals surface area contributed by atoms with Crippen molar-refractivity contribution in [2.24, 2.45) is 0 Å². The lowest BCUT2D eigenvalue weighted by Gasteiger charge is -2.08. The maximum atomic E-state index is 5.51. The van der Waals surface area contributed by atoms with Gasteiger partial charge in [-0.2, -0.15) is 0 Å². The van der Waals surface area contributed by atoms with Crippen LogP contribution in [0.4, 0.5) is 5.82 Å². The Balaban J connectivity index is 2.52. The standard InChI is InChI=1S/C11H11BrN2O2/c1-6-3-7(4-8(12)11(6)15-2)9-5-10(13)14-16-9/h3-5H,1-2H3,(H2,13,14). The molecule has 2 rings (SSSR count). The molecule has 16 heavy (non-hydrogen) atoms. The summed E-state index contributed by atoms with van der Waals surface area (Å²) in [5.41, 5.74) is 7.43. The predicted molar refractivity (Wildman–Crippen MR) is 65.3 cm³/mol. The summed E-state index contributed by atoms with van der Waals surface area (Å²) in [6.45, 7) is 1.97. The summed E-state index contributed by atoms with van der Waals surface area (Å²) >= 11 is 3.44. The third kappa shape index (κ3) is 1.90. The maximum absolute atomic E-state index is 5.51. The summed E-state index contributed by atoms with van der Waals surface area (Å²) in [5, 5.41) is 3.65. The lowest BCUT2D eigenvalue weighted by molar-refractivity contribution is 0.408. The number of nitrogen functional groups attached to an aromatic ring is 1. The summed E-state index contributed by atoms with van der Waals surface area (Å²) in [7, 11) is 1.64. The first-order valence-electron chi connectivity index (χ1n) is 4.68. The topological polar surface area (TPSA) is 61.3 Å². The molecule has 4 nitrogen and oxygen atoms in total. The summed E-state index contributed by atoms with van der Waals surface area (Å²) < 4.78 is 11.2. The van der Waals surface area contributed by atoms with E-state index in [0.29, 0.717) is 11.6 Å². The van der Waals surface area contributed by atoms with E-state index in [0.717, 1.165) is 21.3 Å². The second kappa shape index (κ2) is 4.17. The van der Waals surface area contributed by atoms with E-state index in [2.05, 4.69) is 21.1 Å². The van der Waals surface area contributed by atoms with Crippen LogP contribution in [0.1, 0.15) is 5.56 Å². The summed E-state index contributed by atoms with van der Waals surface area (Å²) in [6.07, 6.45) is 0. The highest BCUT2D eigenvalue weighted by molar-refractivity contribution is 9.10. The van der Waals surface area contributed by atoms with Crippen LogP contribution in [0, 0.1) is 6.92 Å². The van der Waals surface area contributed by atoms with Crippen molar-refractivity contribution >= 4 is 21.7 Å². The summed E-state index contributed by atoms with van der Waals surface area (Å²) in [5.74, 6) is 1.83. The maximum Gasteiger partial charge on any atom is 0.169 e. The zero-order valence-electron chi connectivity index (χ0n) is 8.95. The van der Waals surface area contributed by atoms with Gasteiger partial charge in [-0.1, -0.05) is 5.16 Å². The van der Waals surface area contributed by atoms with E-state index in [1.54, 1.807) is 13.2 Å². The van der Waals surface area contributed by atoms with Crippen molar-refractivity contribution in [1.82, 2.24) is 5.16 Å². The molecule has 0 atom stereocenters. The van der Waals surface area contributed by atoms with E-state index in [1.165, 1.54) is 0 Å². The molecule has 0 unspecified atom stereocenters. The molecular weight excluding hydrogens is 272 g/mol. The van der Waals surface area contributed by atoms with Gasteiger partial charge in [0.15, 0.2) is 11.6 Å². The molecule has 0 aliphatic rings. The number of halogens is 1.